The lowest BCUT2D eigenvalue weighted by atomic mass is 10.1. The van der Waals surface area contributed by atoms with Crippen LogP contribution >= 0.6 is 0 Å². The third-order valence-electron chi connectivity index (χ3n) is 1.93. The molecule has 0 aliphatic carbocycles. The van der Waals surface area contributed by atoms with Crippen molar-refractivity contribution in [3.05, 3.63) is 23.8 Å². The average molecular weight is 193 g/mol. The standard InChI is InChI=1S/C11H15NO2/c1-3-4-9-5-6-10(7-11(9)14)12-8(2)13/h5-7,14H,3-4H2,1-2H3,(H,12,13). The zero-order chi connectivity index (χ0) is 10.6. The monoisotopic (exact) mass is 193 g/mol. The fourth-order valence-corrected chi connectivity index (χ4v) is 1.33. The Morgan fingerprint density at radius 1 is 1.50 bits per heavy atom. The molecule has 0 unspecified atom stereocenters. The van der Waals surface area contributed by atoms with Crippen molar-refractivity contribution < 1.29 is 9.90 Å². The van der Waals surface area contributed by atoms with Crippen LogP contribution in [0.1, 0.15) is 25.8 Å². The molecule has 1 aromatic rings. The number of aromatic hydroxyl groups is 1. The zero-order valence-electron chi connectivity index (χ0n) is 8.50. The molecule has 0 atom stereocenters. The quantitative estimate of drug-likeness (QED) is 0.773. The zero-order valence-corrected chi connectivity index (χ0v) is 8.50. The molecule has 0 fully saturated rings. The minimum absolute atomic E-state index is 0.132. The maximum atomic E-state index is 10.7. The van der Waals surface area contributed by atoms with E-state index < -0.39 is 0 Å². The molecule has 0 aromatic heterocycles. The van der Waals surface area contributed by atoms with E-state index in [-0.39, 0.29) is 11.7 Å². The number of nitrogens with one attached hydrogen (secondary N) is 1. The Bertz CT molecular complexity index is 334. The number of phenolic OH excluding ortho intramolecular Hbond substituents is 1. The summed E-state index contributed by atoms with van der Waals surface area (Å²) >= 11 is 0. The van der Waals surface area contributed by atoms with Crippen molar-refractivity contribution in [1.82, 2.24) is 0 Å². The summed E-state index contributed by atoms with van der Waals surface area (Å²) in [6.45, 7) is 3.50. The molecule has 3 nitrogen and oxygen atoms in total. The van der Waals surface area contributed by atoms with Gasteiger partial charge in [-0.25, -0.2) is 0 Å². The minimum Gasteiger partial charge on any atom is -0.508 e. The van der Waals surface area contributed by atoms with Gasteiger partial charge in [0.15, 0.2) is 0 Å². The molecule has 0 bridgehead atoms. The topological polar surface area (TPSA) is 49.3 Å². The number of aryl methyl sites for hydroxylation is 1. The first-order chi connectivity index (χ1) is 6.63. The molecule has 1 aromatic carbocycles. The summed E-state index contributed by atoms with van der Waals surface area (Å²) in [5.41, 5.74) is 1.55. The van der Waals surface area contributed by atoms with Gasteiger partial charge < -0.3 is 10.4 Å². The van der Waals surface area contributed by atoms with Gasteiger partial charge in [0.25, 0.3) is 0 Å². The van der Waals surface area contributed by atoms with Gasteiger partial charge in [0.1, 0.15) is 5.75 Å². The summed E-state index contributed by atoms with van der Waals surface area (Å²) in [6, 6.07) is 5.21. The number of hydrogen-bond acceptors (Lipinski definition) is 2. The number of amides is 1. The van der Waals surface area contributed by atoms with Crippen molar-refractivity contribution >= 4 is 11.6 Å². The van der Waals surface area contributed by atoms with Crippen LogP contribution in [0.2, 0.25) is 0 Å². The van der Waals surface area contributed by atoms with Crippen LogP contribution in [0.15, 0.2) is 18.2 Å². The molecule has 1 rings (SSSR count). The second kappa shape index (κ2) is 4.65. The molecule has 0 heterocycles. The maximum Gasteiger partial charge on any atom is 0.221 e. The summed E-state index contributed by atoms with van der Waals surface area (Å²) in [4.78, 5) is 10.7. The Kier molecular flexibility index (Phi) is 3.51. The van der Waals surface area contributed by atoms with Crippen LogP contribution in [0.3, 0.4) is 0 Å². The molecule has 0 aliphatic rings. The average Bonchev–Trinajstić information content (AvgIpc) is 2.09. The molecular formula is C11H15NO2. The Hall–Kier alpha value is -1.51. The second-order valence-corrected chi connectivity index (χ2v) is 3.27. The molecular weight excluding hydrogens is 178 g/mol. The molecule has 0 radical (unpaired) electrons. The summed E-state index contributed by atoms with van der Waals surface area (Å²) in [5, 5.41) is 12.2. The van der Waals surface area contributed by atoms with Crippen molar-refractivity contribution in [2.75, 3.05) is 5.32 Å². The third-order valence-corrected chi connectivity index (χ3v) is 1.93. The first-order valence-corrected chi connectivity index (χ1v) is 4.73. The van der Waals surface area contributed by atoms with Crippen molar-refractivity contribution in [2.45, 2.75) is 26.7 Å². The fraction of sp³-hybridized carbons (Fsp3) is 0.364. The van der Waals surface area contributed by atoms with Crippen LogP contribution in [0.25, 0.3) is 0 Å². The van der Waals surface area contributed by atoms with Gasteiger partial charge in [0.05, 0.1) is 0 Å². The first kappa shape index (κ1) is 10.6. The molecule has 3 heteroatoms. The number of rotatable bonds is 3. The van der Waals surface area contributed by atoms with E-state index in [0.29, 0.717) is 5.69 Å². The van der Waals surface area contributed by atoms with Gasteiger partial charge >= 0.3 is 0 Å². The van der Waals surface area contributed by atoms with Crippen molar-refractivity contribution in [1.29, 1.82) is 0 Å². The highest BCUT2D eigenvalue weighted by atomic mass is 16.3. The third kappa shape index (κ3) is 2.76. The van der Waals surface area contributed by atoms with Gasteiger partial charge in [0, 0.05) is 18.7 Å². The summed E-state index contributed by atoms with van der Waals surface area (Å²) in [6.07, 6.45) is 1.85. The van der Waals surface area contributed by atoms with Gasteiger partial charge in [-0.3, -0.25) is 4.79 Å². The summed E-state index contributed by atoms with van der Waals surface area (Å²) in [5.74, 6) is 0.116. The van der Waals surface area contributed by atoms with E-state index in [1.165, 1.54) is 6.92 Å². The molecule has 0 saturated carbocycles. The lowest BCUT2D eigenvalue weighted by Crippen LogP contribution is -2.05. The van der Waals surface area contributed by atoms with Crippen LogP contribution in [-0.2, 0) is 11.2 Å². The molecule has 0 spiro atoms. The number of phenols is 1. The van der Waals surface area contributed by atoms with E-state index in [1.54, 1.807) is 12.1 Å². The lowest BCUT2D eigenvalue weighted by molar-refractivity contribution is -0.114. The van der Waals surface area contributed by atoms with E-state index in [0.717, 1.165) is 18.4 Å². The predicted molar refractivity (Wildman–Crippen MR) is 56.4 cm³/mol. The number of carbonyl (C=O) groups excluding carboxylic acids is 1. The highest BCUT2D eigenvalue weighted by Crippen LogP contribution is 2.22. The molecule has 1 amide bonds. The Balaban J connectivity index is 2.83. The molecule has 14 heavy (non-hydrogen) atoms. The Labute approximate surface area is 83.8 Å². The van der Waals surface area contributed by atoms with Gasteiger partial charge in [-0.1, -0.05) is 19.4 Å². The van der Waals surface area contributed by atoms with E-state index in [2.05, 4.69) is 12.2 Å². The van der Waals surface area contributed by atoms with Gasteiger partial charge in [-0.15, -0.1) is 0 Å². The van der Waals surface area contributed by atoms with Crippen LogP contribution in [-0.4, -0.2) is 11.0 Å². The van der Waals surface area contributed by atoms with Crippen molar-refractivity contribution in [3.8, 4) is 5.75 Å². The van der Waals surface area contributed by atoms with Crippen molar-refractivity contribution in [3.63, 3.8) is 0 Å². The van der Waals surface area contributed by atoms with E-state index >= 15 is 0 Å². The van der Waals surface area contributed by atoms with Crippen molar-refractivity contribution in [2.24, 2.45) is 0 Å². The van der Waals surface area contributed by atoms with Gasteiger partial charge in [-0.05, 0) is 18.1 Å². The van der Waals surface area contributed by atoms with Crippen LogP contribution in [0, 0.1) is 0 Å². The normalized spacial score (nSPS) is 9.86. The summed E-state index contributed by atoms with van der Waals surface area (Å²) < 4.78 is 0. The van der Waals surface area contributed by atoms with Crippen LogP contribution < -0.4 is 5.32 Å². The number of benzene rings is 1. The lowest BCUT2D eigenvalue weighted by Gasteiger charge is -2.06. The van der Waals surface area contributed by atoms with E-state index in [9.17, 15) is 9.90 Å². The maximum absolute atomic E-state index is 10.7. The fourth-order valence-electron chi connectivity index (χ4n) is 1.33. The molecule has 0 saturated heterocycles. The largest absolute Gasteiger partial charge is 0.508 e. The predicted octanol–water partition coefficient (Wildman–Crippen LogP) is 2.30. The minimum atomic E-state index is -0.132. The van der Waals surface area contributed by atoms with E-state index in [1.807, 2.05) is 6.07 Å². The number of hydrogen-bond donors (Lipinski definition) is 2. The highest BCUT2D eigenvalue weighted by Gasteiger charge is 2.02. The smallest absolute Gasteiger partial charge is 0.221 e. The number of carbonyl (C=O) groups is 1. The Morgan fingerprint density at radius 3 is 2.71 bits per heavy atom. The molecule has 2 N–H and O–H groups in total. The first-order valence-electron chi connectivity index (χ1n) is 4.73. The summed E-state index contributed by atoms with van der Waals surface area (Å²) in [7, 11) is 0. The molecule has 76 valence electrons. The van der Waals surface area contributed by atoms with Gasteiger partial charge in [-0.2, -0.15) is 0 Å². The Morgan fingerprint density at radius 2 is 2.21 bits per heavy atom. The van der Waals surface area contributed by atoms with E-state index in [4.69, 9.17) is 0 Å². The number of anilines is 1. The van der Waals surface area contributed by atoms with Crippen LogP contribution in [0.5, 0.6) is 5.75 Å². The SMILES string of the molecule is CCCc1ccc(NC(C)=O)cc1O. The van der Waals surface area contributed by atoms with Crippen LogP contribution in [0.4, 0.5) is 5.69 Å². The highest BCUT2D eigenvalue weighted by molar-refractivity contribution is 5.88. The molecule has 0 aliphatic heterocycles. The van der Waals surface area contributed by atoms with Gasteiger partial charge in [0.2, 0.25) is 5.91 Å². The second-order valence-electron chi connectivity index (χ2n) is 3.27.